The van der Waals surface area contributed by atoms with Gasteiger partial charge in [0, 0.05) is 38.6 Å². The number of piperazine rings is 1. The molecule has 2 N–H and O–H groups in total. The topological polar surface area (TPSA) is 58.8 Å². The van der Waals surface area contributed by atoms with Gasteiger partial charge in [-0.25, -0.2) is 0 Å². The SMILES string of the molecule is CCCC[C@H](Cc1ccc(OCCN2CCN(C)CC2)cc1)C(N)=O. The third kappa shape index (κ3) is 7.04. The summed E-state index contributed by atoms with van der Waals surface area (Å²) in [6.07, 6.45) is 3.72. The average molecular weight is 348 g/mol. The Labute approximate surface area is 152 Å². The van der Waals surface area contributed by atoms with Crippen LogP contribution in [-0.2, 0) is 11.2 Å². The Hall–Kier alpha value is -1.59. The van der Waals surface area contributed by atoms with E-state index in [-0.39, 0.29) is 11.8 Å². The molecule has 0 radical (unpaired) electrons. The number of ether oxygens (including phenoxy) is 1. The van der Waals surface area contributed by atoms with Gasteiger partial charge < -0.3 is 15.4 Å². The second-order valence-electron chi connectivity index (χ2n) is 7.08. The molecule has 0 bridgehead atoms. The molecule has 1 amide bonds. The van der Waals surface area contributed by atoms with E-state index in [0.29, 0.717) is 6.61 Å². The van der Waals surface area contributed by atoms with Crippen molar-refractivity contribution in [2.45, 2.75) is 32.6 Å². The fourth-order valence-electron chi connectivity index (χ4n) is 3.17. The van der Waals surface area contributed by atoms with Crippen LogP contribution in [0.1, 0.15) is 31.7 Å². The maximum Gasteiger partial charge on any atom is 0.220 e. The predicted molar refractivity (Wildman–Crippen MR) is 102 cm³/mol. The lowest BCUT2D eigenvalue weighted by Crippen LogP contribution is -2.45. The molecule has 1 saturated heterocycles. The fourth-order valence-corrected chi connectivity index (χ4v) is 3.17. The highest BCUT2D eigenvalue weighted by Crippen LogP contribution is 2.18. The molecular formula is C20H33N3O2. The molecule has 2 rings (SSSR count). The minimum Gasteiger partial charge on any atom is -0.492 e. The van der Waals surface area contributed by atoms with Gasteiger partial charge in [-0.1, -0.05) is 31.9 Å². The Morgan fingerprint density at radius 3 is 2.48 bits per heavy atom. The summed E-state index contributed by atoms with van der Waals surface area (Å²) in [7, 11) is 2.17. The molecule has 140 valence electrons. The van der Waals surface area contributed by atoms with Crippen LogP contribution in [0.4, 0.5) is 0 Å². The van der Waals surface area contributed by atoms with Gasteiger partial charge >= 0.3 is 0 Å². The van der Waals surface area contributed by atoms with Crippen molar-refractivity contribution in [2.24, 2.45) is 11.7 Å². The van der Waals surface area contributed by atoms with E-state index in [2.05, 4.69) is 23.8 Å². The largest absolute Gasteiger partial charge is 0.492 e. The summed E-state index contributed by atoms with van der Waals surface area (Å²) in [5.41, 5.74) is 6.67. The van der Waals surface area contributed by atoms with Crippen LogP contribution in [0.2, 0.25) is 0 Å². The number of nitrogens with zero attached hydrogens (tertiary/aromatic N) is 2. The van der Waals surface area contributed by atoms with Crippen LogP contribution in [0.3, 0.4) is 0 Å². The number of carbonyl (C=O) groups is 1. The first-order valence-electron chi connectivity index (χ1n) is 9.50. The second kappa shape index (κ2) is 10.4. The first-order valence-corrected chi connectivity index (χ1v) is 9.50. The lowest BCUT2D eigenvalue weighted by Gasteiger charge is -2.32. The summed E-state index contributed by atoms with van der Waals surface area (Å²) in [6.45, 7) is 8.31. The van der Waals surface area contributed by atoms with Crippen LogP contribution in [0.25, 0.3) is 0 Å². The van der Waals surface area contributed by atoms with Crippen LogP contribution < -0.4 is 10.5 Å². The molecule has 1 fully saturated rings. The molecule has 0 aliphatic carbocycles. The van der Waals surface area contributed by atoms with E-state index >= 15 is 0 Å². The lowest BCUT2D eigenvalue weighted by atomic mass is 9.93. The van der Waals surface area contributed by atoms with Gasteiger partial charge in [0.2, 0.25) is 5.91 Å². The molecule has 1 aliphatic heterocycles. The lowest BCUT2D eigenvalue weighted by molar-refractivity contribution is -0.122. The Morgan fingerprint density at radius 1 is 1.20 bits per heavy atom. The van der Waals surface area contributed by atoms with Crippen molar-refractivity contribution in [1.29, 1.82) is 0 Å². The third-order valence-corrected chi connectivity index (χ3v) is 4.99. The molecule has 5 nitrogen and oxygen atoms in total. The van der Waals surface area contributed by atoms with Gasteiger partial charge in [0.05, 0.1) is 0 Å². The zero-order valence-corrected chi connectivity index (χ0v) is 15.7. The second-order valence-corrected chi connectivity index (χ2v) is 7.08. The van der Waals surface area contributed by atoms with Crippen LogP contribution in [0, 0.1) is 5.92 Å². The molecule has 1 aliphatic rings. The molecule has 0 aromatic heterocycles. The van der Waals surface area contributed by atoms with Gasteiger partial charge in [0.25, 0.3) is 0 Å². The molecule has 25 heavy (non-hydrogen) atoms. The number of primary amides is 1. The predicted octanol–water partition coefficient (Wildman–Crippen LogP) is 2.15. The van der Waals surface area contributed by atoms with E-state index < -0.39 is 0 Å². The maximum absolute atomic E-state index is 11.6. The van der Waals surface area contributed by atoms with Gasteiger partial charge in [-0.15, -0.1) is 0 Å². The number of amides is 1. The smallest absolute Gasteiger partial charge is 0.220 e. The molecular weight excluding hydrogens is 314 g/mol. The average Bonchev–Trinajstić information content (AvgIpc) is 2.61. The van der Waals surface area contributed by atoms with E-state index in [1.165, 1.54) is 0 Å². The van der Waals surface area contributed by atoms with Crippen molar-refractivity contribution in [1.82, 2.24) is 9.80 Å². The number of rotatable bonds is 10. The summed E-state index contributed by atoms with van der Waals surface area (Å²) in [4.78, 5) is 16.4. The normalized spacial score (nSPS) is 17.4. The van der Waals surface area contributed by atoms with E-state index in [1.807, 2.05) is 24.3 Å². The monoisotopic (exact) mass is 347 g/mol. The summed E-state index contributed by atoms with van der Waals surface area (Å²) < 4.78 is 5.86. The molecule has 5 heteroatoms. The van der Waals surface area contributed by atoms with Crippen molar-refractivity contribution in [3.63, 3.8) is 0 Å². The highest BCUT2D eigenvalue weighted by atomic mass is 16.5. The quantitative estimate of drug-likeness (QED) is 0.704. The van der Waals surface area contributed by atoms with Crippen LogP contribution in [0.5, 0.6) is 5.75 Å². The van der Waals surface area contributed by atoms with Gasteiger partial charge in [-0.3, -0.25) is 9.69 Å². The Kier molecular flexibility index (Phi) is 8.22. The minimum absolute atomic E-state index is 0.0658. The molecule has 1 aromatic carbocycles. The number of unbranched alkanes of at least 4 members (excludes halogenated alkanes) is 1. The van der Waals surface area contributed by atoms with Crippen molar-refractivity contribution < 1.29 is 9.53 Å². The maximum atomic E-state index is 11.6. The number of hydrogen-bond acceptors (Lipinski definition) is 4. The van der Waals surface area contributed by atoms with Crippen LogP contribution in [-0.4, -0.2) is 62.1 Å². The number of hydrogen-bond donors (Lipinski definition) is 1. The standard InChI is InChI=1S/C20H33N3O2/c1-3-4-5-18(20(21)24)16-17-6-8-19(9-7-17)25-15-14-23-12-10-22(2)11-13-23/h6-9,18H,3-5,10-16H2,1-2H3,(H2,21,24)/t18-/m1/s1. The molecule has 1 heterocycles. The first kappa shape index (κ1) is 19.7. The Morgan fingerprint density at radius 2 is 1.88 bits per heavy atom. The number of nitrogens with two attached hydrogens (primary N) is 1. The van der Waals surface area contributed by atoms with Gasteiger partial charge in [-0.2, -0.15) is 0 Å². The van der Waals surface area contributed by atoms with Gasteiger partial charge in [0.15, 0.2) is 0 Å². The number of benzene rings is 1. The minimum atomic E-state index is -0.194. The van der Waals surface area contributed by atoms with Crippen LogP contribution >= 0.6 is 0 Å². The Bertz CT molecular complexity index is 510. The summed E-state index contributed by atoms with van der Waals surface area (Å²) in [6, 6.07) is 8.09. The molecule has 1 atom stereocenters. The van der Waals surface area contributed by atoms with E-state index in [1.54, 1.807) is 0 Å². The van der Waals surface area contributed by atoms with Crippen molar-refractivity contribution >= 4 is 5.91 Å². The number of likely N-dealkylation sites (N-methyl/N-ethyl adjacent to an activating group) is 1. The van der Waals surface area contributed by atoms with E-state index in [9.17, 15) is 4.79 Å². The van der Waals surface area contributed by atoms with Crippen molar-refractivity contribution in [2.75, 3.05) is 46.4 Å². The molecule has 0 saturated carbocycles. The summed E-state index contributed by atoms with van der Waals surface area (Å²) in [5, 5.41) is 0. The molecule has 0 spiro atoms. The van der Waals surface area contributed by atoms with E-state index in [0.717, 1.165) is 69.7 Å². The first-order chi connectivity index (χ1) is 12.1. The van der Waals surface area contributed by atoms with Crippen molar-refractivity contribution in [3.05, 3.63) is 29.8 Å². The third-order valence-electron chi connectivity index (χ3n) is 4.99. The van der Waals surface area contributed by atoms with Gasteiger partial charge in [-0.05, 0) is 37.6 Å². The van der Waals surface area contributed by atoms with Gasteiger partial charge in [0.1, 0.15) is 12.4 Å². The number of carbonyl (C=O) groups excluding carboxylic acids is 1. The van der Waals surface area contributed by atoms with Crippen molar-refractivity contribution in [3.8, 4) is 5.75 Å². The summed E-state index contributed by atoms with van der Waals surface area (Å²) >= 11 is 0. The Balaban J connectivity index is 1.74. The van der Waals surface area contributed by atoms with Crippen LogP contribution in [0.15, 0.2) is 24.3 Å². The fraction of sp³-hybridized carbons (Fsp3) is 0.650. The highest BCUT2D eigenvalue weighted by Gasteiger charge is 2.16. The van der Waals surface area contributed by atoms with E-state index in [4.69, 9.17) is 10.5 Å². The zero-order chi connectivity index (χ0) is 18.1. The molecule has 1 aromatic rings. The summed E-state index contributed by atoms with van der Waals surface area (Å²) in [5.74, 6) is 0.631. The molecule has 0 unspecified atom stereocenters. The zero-order valence-electron chi connectivity index (χ0n) is 15.7. The highest BCUT2D eigenvalue weighted by molar-refractivity contribution is 5.76.